The highest BCUT2D eigenvalue weighted by atomic mass is 15.0. The molecule has 0 aliphatic rings. The molecular weight excluding hydrogens is 765 g/mol. The lowest BCUT2D eigenvalue weighted by Gasteiger charge is -2.17. The molecule has 4 heteroatoms. The van der Waals surface area contributed by atoms with Crippen molar-refractivity contribution in [3.8, 4) is 67.5 Å². The van der Waals surface area contributed by atoms with Crippen molar-refractivity contribution in [2.45, 2.75) is 6.92 Å². The van der Waals surface area contributed by atoms with Crippen LogP contribution in [0.4, 0.5) is 0 Å². The molecule has 12 rings (SSSR count). The monoisotopic (exact) mass is 804 g/mol. The van der Waals surface area contributed by atoms with Crippen molar-refractivity contribution >= 4 is 43.6 Å². The van der Waals surface area contributed by atoms with E-state index in [1.165, 1.54) is 43.7 Å². The highest BCUT2D eigenvalue weighted by molar-refractivity contribution is 6.11. The highest BCUT2D eigenvalue weighted by Crippen LogP contribution is 2.41. The summed E-state index contributed by atoms with van der Waals surface area (Å²) < 4.78 is 4.75. The Morgan fingerprint density at radius 3 is 1.29 bits per heavy atom. The Morgan fingerprint density at radius 2 is 0.730 bits per heavy atom. The molecule has 0 amide bonds. The molecule has 12 aromatic rings. The number of aromatic nitrogens is 4. The van der Waals surface area contributed by atoms with Crippen LogP contribution in [0.15, 0.2) is 224 Å². The lowest BCUT2D eigenvalue weighted by atomic mass is 9.94. The molecule has 296 valence electrons. The van der Waals surface area contributed by atoms with Crippen molar-refractivity contribution in [1.82, 2.24) is 19.1 Å². The van der Waals surface area contributed by atoms with Crippen LogP contribution in [-0.4, -0.2) is 19.1 Å². The molecule has 0 atom stereocenters. The number of benzene rings is 9. The number of para-hydroxylation sites is 4. The quantitative estimate of drug-likeness (QED) is 0.161. The standard InChI is InChI=1S/C59H40N4/c1-39-57(43-32-34-50-48-27-13-15-30-53(48)62(55(50)37-43)45-22-7-3-8-23-45)60-59(52-29-12-11-26-47(52)42-21-17-20-41(36-42)40-18-5-2-6-19-40)61-58(39)44-33-35-51-49-28-14-16-31-54(49)63(56(51)38-44)46-24-9-4-10-25-46/h2-38H,1H3. The summed E-state index contributed by atoms with van der Waals surface area (Å²) in [6, 6.07) is 80.2. The average Bonchev–Trinajstić information content (AvgIpc) is 3.87. The number of nitrogens with zero attached hydrogens (tertiary/aromatic N) is 4. The van der Waals surface area contributed by atoms with Crippen LogP contribution >= 0.6 is 0 Å². The average molecular weight is 805 g/mol. The van der Waals surface area contributed by atoms with Crippen LogP contribution in [0.5, 0.6) is 0 Å². The van der Waals surface area contributed by atoms with Gasteiger partial charge in [0.1, 0.15) is 0 Å². The molecule has 0 saturated carbocycles. The van der Waals surface area contributed by atoms with E-state index in [9.17, 15) is 0 Å². The van der Waals surface area contributed by atoms with E-state index >= 15 is 0 Å². The van der Waals surface area contributed by atoms with Gasteiger partial charge in [-0.25, -0.2) is 9.97 Å². The first kappa shape index (κ1) is 36.5. The van der Waals surface area contributed by atoms with Crippen molar-refractivity contribution in [1.29, 1.82) is 0 Å². The van der Waals surface area contributed by atoms with Crippen LogP contribution in [-0.2, 0) is 0 Å². The third kappa shape index (κ3) is 6.14. The highest BCUT2D eigenvalue weighted by Gasteiger charge is 2.22. The van der Waals surface area contributed by atoms with Gasteiger partial charge in [-0.15, -0.1) is 0 Å². The summed E-state index contributed by atoms with van der Waals surface area (Å²) in [5.74, 6) is 0.679. The van der Waals surface area contributed by atoms with Crippen LogP contribution < -0.4 is 0 Å². The molecule has 0 fully saturated rings. The molecular formula is C59H40N4. The summed E-state index contributed by atoms with van der Waals surface area (Å²) in [4.78, 5) is 11.1. The molecule has 0 radical (unpaired) electrons. The van der Waals surface area contributed by atoms with Crippen LogP contribution in [0.1, 0.15) is 5.56 Å². The topological polar surface area (TPSA) is 35.6 Å². The van der Waals surface area contributed by atoms with Gasteiger partial charge in [-0.05, 0) is 83.8 Å². The van der Waals surface area contributed by atoms with Crippen molar-refractivity contribution in [2.75, 3.05) is 0 Å². The summed E-state index contributed by atoms with van der Waals surface area (Å²) in [6.07, 6.45) is 0. The summed E-state index contributed by atoms with van der Waals surface area (Å²) in [5, 5.41) is 4.84. The minimum Gasteiger partial charge on any atom is -0.309 e. The molecule has 3 aromatic heterocycles. The first-order valence-electron chi connectivity index (χ1n) is 21.5. The minimum absolute atomic E-state index is 0.679. The summed E-state index contributed by atoms with van der Waals surface area (Å²) in [5.41, 5.74) is 17.3. The van der Waals surface area contributed by atoms with Gasteiger partial charge in [0.25, 0.3) is 0 Å². The molecule has 0 aliphatic carbocycles. The predicted octanol–water partition coefficient (Wildman–Crippen LogP) is 15.3. The van der Waals surface area contributed by atoms with E-state index in [0.29, 0.717) is 5.82 Å². The van der Waals surface area contributed by atoms with Crippen molar-refractivity contribution in [3.05, 3.63) is 230 Å². The number of fused-ring (bicyclic) bond motifs is 6. The molecule has 0 saturated heterocycles. The molecule has 4 nitrogen and oxygen atoms in total. The molecule has 63 heavy (non-hydrogen) atoms. The molecule has 9 aromatic carbocycles. The Morgan fingerprint density at radius 1 is 0.302 bits per heavy atom. The Bertz CT molecular complexity index is 3500. The second-order valence-electron chi connectivity index (χ2n) is 16.2. The zero-order chi connectivity index (χ0) is 41.9. The Balaban J connectivity index is 1.11. The van der Waals surface area contributed by atoms with Crippen LogP contribution in [0.3, 0.4) is 0 Å². The van der Waals surface area contributed by atoms with Gasteiger partial charge in [-0.2, -0.15) is 0 Å². The van der Waals surface area contributed by atoms with E-state index in [-0.39, 0.29) is 0 Å². The first-order valence-corrected chi connectivity index (χ1v) is 21.5. The van der Waals surface area contributed by atoms with E-state index in [2.05, 4.69) is 241 Å². The number of hydrogen-bond donors (Lipinski definition) is 0. The fourth-order valence-electron chi connectivity index (χ4n) is 9.57. The van der Waals surface area contributed by atoms with E-state index in [1.54, 1.807) is 0 Å². The minimum atomic E-state index is 0.679. The normalized spacial score (nSPS) is 11.6. The van der Waals surface area contributed by atoms with Gasteiger partial charge in [-0.3, -0.25) is 0 Å². The Labute approximate surface area is 365 Å². The summed E-state index contributed by atoms with van der Waals surface area (Å²) in [6.45, 7) is 2.18. The predicted molar refractivity (Wildman–Crippen MR) is 263 cm³/mol. The maximum Gasteiger partial charge on any atom is 0.161 e. The smallest absolute Gasteiger partial charge is 0.161 e. The van der Waals surface area contributed by atoms with Gasteiger partial charge < -0.3 is 9.13 Å². The molecule has 0 spiro atoms. The molecule has 0 aliphatic heterocycles. The second-order valence-corrected chi connectivity index (χ2v) is 16.2. The largest absolute Gasteiger partial charge is 0.309 e. The summed E-state index contributed by atoms with van der Waals surface area (Å²) in [7, 11) is 0. The fourth-order valence-corrected chi connectivity index (χ4v) is 9.57. The van der Waals surface area contributed by atoms with E-state index in [0.717, 1.165) is 67.2 Å². The van der Waals surface area contributed by atoms with Gasteiger partial charge in [-0.1, -0.05) is 170 Å². The third-order valence-corrected chi connectivity index (χ3v) is 12.5. The van der Waals surface area contributed by atoms with E-state index in [4.69, 9.17) is 9.97 Å². The lowest BCUT2D eigenvalue weighted by Crippen LogP contribution is -2.02. The maximum atomic E-state index is 5.57. The van der Waals surface area contributed by atoms with Crippen molar-refractivity contribution in [2.24, 2.45) is 0 Å². The van der Waals surface area contributed by atoms with Gasteiger partial charge in [0.05, 0.1) is 33.5 Å². The van der Waals surface area contributed by atoms with Crippen LogP contribution in [0.2, 0.25) is 0 Å². The van der Waals surface area contributed by atoms with Gasteiger partial charge in [0.15, 0.2) is 5.82 Å². The molecule has 0 N–H and O–H groups in total. The van der Waals surface area contributed by atoms with Crippen molar-refractivity contribution < 1.29 is 0 Å². The Kier molecular flexibility index (Phi) is 8.68. The SMILES string of the molecule is Cc1c(-c2ccc3c4ccccc4n(-c4ccccc4)c3c2)nc(-c2ccccc2-c2cccc(-c3ccccc3)c2)nc1-c1ccc2c3ccccc3n(-c3ccccc3)c2c1. The summed E-state index contributed by atoms with van der Waals surface area (Å²) >= 11 is 0. The molecule has 0 unspecified atom stereocenters. The van der Waals surface area contributed by atoms with Gasteiger partial charge in [0, 0.05) is 55.2 Å². The first-order chi connectivity index (χ1) is 31.2. The third-order valence-electron chi connectivity index (χ3n) is 12.5. The molecule has 3 heterocycles. The Hall–Kier alpha value is -8.34. The van der Waals surface area contributed by atoms with E-state index in [1.807, 2.05) is 0 Å². The number of rotatable bonds is 7. The van der Waals surface area contributed by atoms with Crippen LogP contribution in [0.25, 0.3) is 111 Å². The van der Waals surface area contributed by atoms with Gasteiger partial charge in [0.2, 0.25) is 0 Å². The zero-order valence-electron chi connectivity index (χ0n) is 34.7. The maximum absolute atomic E-state index is 5.57. The molecule has 0 bridgehead atoms. The van der Waals surface area contributed by atoms with Crippen LogP contribution in [0, 0.1) is 6.92 Å². The van der Waals surface area contributed by atoms with Crippen molar-refractivity contribution in [3.63, 3.8) is 0 Å². The van der Waals surface area contributed by atoms with Gasteiger partial charge >= 0.3 is 0 Å². The van der Waals surface area contributed by atoms with E-state index < -0.39 is 0 Å². The zero-order valence-corrected chi connectivity index (χ0v) is 34.7. The lowest BCUT2D eigenvalue weighted by molar-refractivity contribution is 1.14. The number of hydrogen-bond acceptors (Lipinski definition) is 2. The fraction of sp³-hybridized carbons (Fsp3) is 0.0169. The second kappa shape index (κ2) is 15.0.